The molecule has 1 aromatic rings. The van der Waals surface area contributed by atoms with Gasteiger partial charge in [-0.25, -0.2) is 12.8 Å². The predicted octanol–water partition coefficient (Wildman–Crippen LogP) is 2.14. The number of ketones is 1. The summed E-state index contributed by atoms with van der Waals surface area (Å²) < 4.78 is 35.8. The summed E-state index contributed by atoms with van der Waals surface area (Å²) in [6.45, 7) is 1.72. The second kappa shape index (κ2) is 4.80. The lowest BCUT2D eigenvalue weighted by Gasteiger charge is -2.07. The van der Waals surface area contributed by atoms with Crippen LogP contribution >= 0.6 is 0 Å². The molecule has 1 heterocycles. The number of carbonyl (C=O) groups is 1. The summed E-state index contributed by atoms with van der Waals surface area (Å²) in [7, 11) is -2.97. The van der Waals surface area contributed by atoms with Gasteiger partial charge in [0.25, 0.3) is 0 Å². The Labute approximate surface area is 106 Å². The lowest BCUT2D eigenvalue weighted by Crippen LogP contribution is -2.11. The average molecular weight is 270 g/mol. The van der Waals surface area contributed by atoms with Gasteiger partial charge in [0.2, 0.25) is 0 Å². The van der Waals surface area contributed by atoms with Crippen molar-refractivity contribution in [3.05, 3.63) is 35.1 Å². The summed E-state index contributed by atoms with van der Waals surface area (Å²) in [6, 6.07) is 4.20. The van der Waals surface area contributed by atoms with Gasteiger partial charge in [-0.15, -0.1) is 0 Å². The fourth-order valence-corrected chi connectivity index (χ4v) is 4.17. The zero-order valence-corrected chi connectivity index (χ0v) is 11.0. The van der Waals surface area contributed by atoms with Crippen LogP contribution in [0.1, 0.15) is 28.8 Å². The van der Waals surface area contributed by atoms with Crippen LogP contribution in [0.5, 0.6) is 0 Å². The van der Waals surface area contributed by atoms with E-state index in [9.17, 15) is 17.6 Å². The zero-order chi connectivity index (χ0) is 13.3. The molecule has 0 bridgehead atoms. The first-order valence-corrected chi connectivity index (χ1v) is 7.69. The zero-order valence-electron chi connectivity index (χ0n) is 10.1. The quantitative estimate of drug-likeness (QED) is 0.791. The molecule has 0 saturated carbocycles. The summed E-state index contributed by atoms with van der Waals surface area (Å²) in [6.07, 6.45) is 0.713. The first kappa shape index (κ1) is 13.2. The maximum absolute atomic E-state index is 13.2. The Kier molecular flexibility index (Phi) is 3.52. The van der Waals surface area contributed by atoms with Crippen LogP contribution in [0.25, 0.3) is 0 Å². The van der Waals surface area contributed by atoms with E-state index >= 15 is 0 Å². The highest BCUT2D eigenvalue weighted by molar-refractivity contribution is 7.91. The average Bonchev–Trinajstić information content (AvgIpc) is 2.56. The van der Waals surface area contributed by atoms with Crippen LogP contribution < -0.4 is 0 Å². The highest BCUT2D eigenvalue weighted by atomic mass is 32.2. The van der Waals surface area contributed by atoms with Gasteiger partial charge in [-0.2, -0.15) is 0 Å². The summed E-state index contributed by atoms with van der Waals surface area (Å²) in [5.41, 5.74) is 1.02. The molecule has 0 N–H and O–H groups in total. The molecule has 2 rings (SSSR count). The van der Waals surface area contributed by atoms with E-state index in [2.05, 4.69) is 0 Å². The van der Waals surface area contributed by atoms with E-state index in [-0.39, 0.29) is 29.6 Å². The van der Waals surface area contributed by atoms with Gasteiger partial charge >= 0.3 is 0 Å². The van der Waals surface area contributed by atoms with Crippen molar-refractivity contribution in [2.45, 2.75) is 19.8 Å². The lowest BCUT2D eigenvalue weighted by molar-refractivity contribution is 0.0965. The monoisotopic (exact) mass is 270 g/mol. The third-order valence-corrected chi connectivity index (χ3v) is 5.00. The van der Waals surface area contributed by atoms with Gasteiger partial charge < -0.3 is 0 Å². The molecule has 1 aliphatic rings. The second-order valence-corrected chi connectivity index (χ2v) is 7.14. The number of aryl methyl sites for hydroxylation is 1. The van der Waals surface area contributed by atoms with Crippen LogP contribution in [-0.4, -0.2) is 25.7 Å². The van der Waals surface area contributed by atoms with Crippen molar-refractivity contribution in [3.63, 3.8) is 0 Å². The first-order chi connectivity index (χ1) is 8.35. The Balaban J connectivity index is 2.08. The van der Waals surface area contributed by atoms with E-state index < -0.39 is 15.7 Å². The lowest BCUT2D eigenvalue weighted by atomic mass is 9.97. The molecule has 1 atom stereocenters. The molecule has 1 aromatic carbocycles. The molecular weight excluding hydrogens is 255 g/mol. The summed E-state index contributed by atoms with van der Waals surface area (Å²) in [5.74, 6) is -0.497. The second-order valence-electron chi connectivity index (χ2n) is 4.91. The molecule has 1 aliphatic heterocycles. The number of rotatable bonds is 3. The molecule has 98 valence electrons. The number of hydrogen-bond donors (Lipinski definition) is 0. The van der Waals surface area contributed by atoms with Gasteiger partial charge in [0.15, 0.2) is 15.6 Å². The minimum atomic E-state index is -2.97. The Morgan fingerprint density at radius 3 is 2.67 bits per heavy atom. The van der Waals surface area contributed by atoms with E-state index in [1.165, 1.54) is 12.1 Å². The van der Waals surface area contributed by atoms with Crippen LogP contribution in [0.3, 0.4) is 0 Å². The number of hydrogen-bond acceptors (Lipinski definition) is 3. The highest BCUT2D eigenvalue weighted by Gasteiger charge is 2.29. The van der Waals surface area contributed by atoms with Crippen LogP contribution in [-0.2, 0) is 9.84 Å². The fraction of sp³-hybridized carbons (Fsp3) is 0.462. The van der Waals surface area contributed by atoms with E-state index in [0.717, 1.165) is 0 Å². The SMILES string of the molecule is Cc1cc(F)cc(C(=O)CC2CCS(=O)(=O)C2)c1. The Morgan fingerprint density at radius 1 is 1.39 bits per heavy atom. The molecule has 0 spiro atoms. The van der Waals surface area contributed by atoms with Gasteiger partial charge in [0, 0.05) is 12.0 Å². The number of benzene rings is 1. The smallest absolute Gasteiger partial charge is 0.163 e. The minimum Gasteiger partial charge on any atom is -0.294 e. The normalized spacial score (nSPS) is 22.0. The van der Waals surface area contributed by atoms with Crippen LogP contribution in [0.4, 0.5) is 4.39 Å². The van der Waals surface area contributed by atoms with Crippen molar-refractivity contribution >= 4 is 15.6 Å². The van der Waals surface area contributed by atoms with Gasteiger partial charge in [-0.05, 0) is 43.0 Å². The Morgan fingerprint density at radius 2 is 2.11 bits per heavy atom. The summed E-state index contributed by atoms with van der Waals surface area (Å²) in [4.78, 5) is 12.0. The molecule has 0 radical (unpaired) electrons. The van der Waals surface area contributed by atoms with Gasteiger partial charge in [-0.1, -0.05) is 0 Å². The van der Waals surface area contributed by atoms with Crippen molar-refractivity contribution < 1.29 is 17.6 Å². The molecule has 0 aromatic heterocycles. The van der Waals surface area contributed by atoms with E-state index in [1.807, 2.05) is 0 Å². The topological polar surface area (TPSA) is 51.2 Å². The third kappa shape index (κ3) is 3.16. The predicted molar refractivity (Wildman–Crippen MR) is 66.8 cm³/mol. The number of Topliss-reactive ketones (excluding diaryl/α,β-unsaturated/α-hetero) is 1. The Bertz CT molecular complexity index is 558. The van der Waals surface area contributed by atoms with Crippen molar-refractivity contribution in [2.24, 2.45) is 5.92 Å². The molecule has 1 unspecified atom stereocenters. The van der Waals surface area contributed by atoms with E-state index in [4.69, 9.17) is 0 Å². The van der Waals surface area contributed by atoms with Gasteiger partial charge in [-0.3, -0.25) is 4.79 Å². The highest BCUT2D eigenvalue weighted by Crippen LogP contribution is 2.23. The molecule has 0 aliphatic carbocycles. The molecular formula is C13H15FO3S. The maximum atomic E-state index is 13.2. The molecule has 5 heteroatoms. The van der Waals surface area contributed by atoms with Crippen molar-refractivity contribution in [2.75, 3.05) is 11.5 Å². The summed E-state index contributed by atoms with van der Waals surface area (Å²) in [5, 5.41) is 0. The first-order valence-electron chi connectivity index (χ1n) is 5.86. The largest absolute Gasteiger partial charge is 0.294 e. The third-order valence-electron chi connectivity index (χ3n) is 3.16. The molecule has 1 saturated heterocycles. The fourth-order valence-electron chi connectivity index (χ4n) is 2.31. The van der Waals surface area contributed by atoms with Crippen LogP contribution in [0.15, 0.2) is 18.2 Å². The number of sulfone groups is 1. The van der Waals surface area contributed by atoms with Crippen LogP contribution in [0, 0.1) is 18.7 Å². The standard InChI is InChI=1S/C13H15FO3S/c1-9-4-11(7-12(14)5-9)13(15)6-10-2-3-18(16,17)8-10/h4-5,7,10H,2-3,6,8H2,1H3. The molecule has 0 amide bonds. The van der Waals surface area contributed by atoms with E-state index in [0.29, 0.717) is 17.5 Å². The molecule has 3 nitrogen and oxygen atoms in total. The van der Waals surface area contributed by atoms with Crippen molar-refractivity contribution in [1.29, 1.82) is 0 Å². The van der Waals surface area contributed by atoms with Crippen LogP contribution in [0.2, 0.25) is 0 Å². The molecule has 1 fully saturated rings. The molecule has 18 heavy (non-hydrogen) atoms. The van der Waals surface area contributed by atoms with Crippen molar-refractivity contribution in [1.82, 2.24) is 0 Å². The number of halogens is 1. The van der Waals surface area contributed by atoms with Gasteiger partial charge in [0.1, 0.15) is 5.82 Å². The Hall–Kier alpha value is -1.23. The van der Waals surface area contributed by atoms with Crippen molar-refractivity contribution in [3.8, 4) is 0 Å². The maximum Gasteiger partial charge on any atom is 0.163 e. The summed E-state index contributed by atoms with van der Waals surface area (Å²) >= 11 is 0. The number of carbonyl (C=O) groups excluding carboxylic acids is 1. The minimum absolute atomic E-state index is 0.0764. The van der Waals surface area contributed by atoms with E-state index in [1.54, 1.807) is 13.0 Å². The van der Waals surface area contributed by atoms with Gasteiger partial charge in [0.05, 0.1) is 11.5 Å².